The molecule has 0 atom stereocenters. The molecule has 1 aliphatic rings. The lowest BCUT2D eigenvalue weighted by Gasteiger charge is -2.01. The largest absolute Gasteiger partial charge is 0.282 e. The van der Waals surface area contributed by atoms with Crippen molar-refractivity contribution in [2.75, 3.05) is 0 Å². The van der Waals surface area contributed by atoms with Crippen molar-refractivity contribution in [2.45, 2.75) is 6.92 Å². The molecule has 5 nitrogen and oxygen atoms in total. The smallest absolute Gasteiger partial charge is 0.267 e. The minimum atomic E-state index is -0.321. The molecule has 2 aromatic carbocycles. The fraction of sp³-hybridized carbons (Fsp3) is 0.0526. The van der Waals surface area contributed by atoms with Gasteiger partial charge >= 0.3 is 0 Å². The van der Waals surface area contributed by atoms with Crippen LogP contribution in [-0.2, 0) is 0 Å². The number of aryl methyl sites for hydroxylation is 1. The van der Waals surface area contributed by atoms with Crippen molar-refractivity contribution >= 4 is 17.1 Å². The van der Waals surface area contributed by atoms with Crippen LogP contribution in [0.25, 0.3) is 22.5 Å². The van der Waals surface area contributed by atoms with E-state index in [9.17, 15) is 10.1 Å². The molecule has 114 valence electrons. The van der Waals surface area contributed by atoms with E-state index in [2.05, 4.69) is 16.2 Å². The Balaban J connectivity index is 1.86. The Morgan fingerprint density at radius 3 is 2.38 bits per heavy atom. The Kier molecular flexibility index (Phi) is 3.10. The molecule has 0 fully saturated rings. The number of carbonyl (C=O) groups is 1. The summed E-state index contributed by atoms with van der Waals surface area (Å²) in [6.45, 7) is 2.00. The monoisotopic (exact) mass is 312 g/mol. The number of aromatic nitrogens is 3. The van der Waals surface area contributed by atoms with Crippen LogP contribution in [0.3, 0.4) is 0 Å². The van der Waals surface area contributed by atoms with Crippen LogP contribution in [0, 0.1) is 18.3 Å². The summed E-state index contributed by atoms with van der Waals surface area (Å²) in [6.07, 6.45) is 0. The summed E-state index contributed by atoms with van der Waals surface area (Å²) in [5.74, 6) is 0.425. The first-order valence-electron chi connectivity index (χ1n) is 7.48. The van der Waals surface area contributed by atoms with E-state index in [1.807, 2.05) is 49.4 Å². The normalized spacial score (nSPS) is 13.1. The van der Waals surface area contributed by atoms with Crippen molar-refractivity contribution in [1.29, 1.82) is 5.26 Å². The average Bonchev–Trinajstić information content (AvgIpc) is 3.15. The number of carbonyl (C=O) groups excluding carboxylic acids is 1. The van der Waals surface area contributed by atoms with Crippen molar-refractivity contribution in [2.24, 2.45) is 0 Å². The van der Waals surface area contributed by atoms with Gasteiger partial charge in [0.1, 0.15) is 11.6 Å². The summed E-state index contributed by atoms with van der Waals surface area (Å²) in [5.41, 5.74) is 3.25. The van der Waals surface area contributed by atoms with Gasteiger partial charge in [-0.15, -0.1) is 5.10 Å². The molecule has 0 saturated heterocycles. The summed E-state index contributed by atoms with van der Waals surface area (Å²) < 4.78 is 1.22. The molecule has 0 radical (unpaired) electrons. The molecule has 1 aromatic heterocycles. The number of hydrogen-bond acceptors (Lipinski definition) is 4. The third-order valence-electron chi connectivity index (χ3n) is 3.97. The molecule has 0 N–H and O–H groups in total. The fourth-order valence-electron chi connectivity index (χ4n) is 2.74. The van der Waals surface area contributed by atoms with E-state index in [4.69, 9.17) is 0 Å². The lowest BCUT2D eigenvalue weighted by atomic mass is 10.0. The maximum Gasteiger partial charge on any atom is 0.282 e. The van der Waals surface area contributed by atoms with Gasteiger partial charge in [-0.3, -0.25) is 4.79 Å². The second-order valence-corrected chi connectivity index (χ2v) is 5.57. The molecule has 24 heavy (non-hydrogen) atoms. The number of benzene rings is 2. The third kappa shape index (κ3) is 2.05. The van der Waals surface area contributed by atoms with Gasteiger partial charge in [0.25, 0.3) is 5.91 Å². The highest BCUT2D eigenvalue weighted by atomic mass is 16.2. The summed E-state index contributed by atoms with van der Waals surface area (Å²) in [7, 11) is 0. The molecule has 0 amide bonds. The average molecular weight is 312 g/mol. The number of allylic oxidation sites excluding steroid dienone is 2. The molecule has 0 saturated carbocycles. The van der Waals surface area contributed by atoms with Gasteiger partial charge in [0, 0.05) is 5.56 Å². The van der Waals surface area contributed by atoms with Gasteiger partial charge in [-0.25, -0.2) is 4.98 Å². The van der Waals surface area contributed by atoms with Crippen LogP contribution in [0.2, 0.25) is 0 Å². The van der Waals surface area contributed by atoms with Crippen molar-refractivity contribution in [3.05, 3.63) is 71.5 Å². The molecule has 5 heteroatoms. The van der Waals surface area contributed by atoms with Gasteiger partial charge in [0.15, 0.2) is 11.6 Å². The van der Waals surface area contributed by atoms with Crippen LogP contribution >= 0.6 is 0 Å². The van der Waals surface area contributed by atoms with Gasteiger partial charge in [-0.05, 0) is 12.5 Å². The Labute approximate surface area is 138 Å². The van der Waals surface area contributed by atoms with Crippen LogP contribution in [0.15, 0.2) is 54.6 Å². The standard InChI is InChI=1S/C19H12N4O/c1-12-7-9-14(10-8-12)17-21-18-15(11-20)16(19(24)23(18)22-17)13-5-3-2-4-6-13/h2-10H,1H3. The summed E-state index contributed by atoms with van der Waals surface area (Å²) in [6, 6.07) is 19.0. The fourth-order valence-corrected chi connectivity index (χ4v) is 2.74. The zero-order valence-corrected chi connectivity index (χ0v) is 12.9. The summed E-state index contributed by atoms with van der Waals surface area (Å²) in [5, 5.41) is 13.8. The molecule has 1 aliphatic heterocycles. The maximum absolute atomic E-state index is 12.7. The highest BCUT2D eigenvalue weighted by Crippen LogP contribution is 2.33. The van der Waals surface area contributed by atoms with E-state index in [-0.39, 0.29) is 11.5 Å². The van der Waals surface area contributed by atoms with Crippen LogP contribution in [-0.4, -0.2) is 20.7 Å². The van der Waals surface area contributed by atoms with Crippen molar-refractivity contribution in [3.8, 4) is 17.5 Å². The van der Waals surface area contributed by atoms with Gasteiger partial charge in [-0.2, -0.15) is 9.94 Å². The molecule has 2 heterocycles. The SMILES string of the molecule is Cc1ccc(-c2nc3n(n2)C(=O)C(c2ccccc2)=C3C#N)cc1. The molecule has 0 unspecified atom stereocenters. The molecule has 4 rings (SSSR count). The lowest BCUT2D eigenvalue weighted by molar-refractivity contribution is 0.0970. The number of hydrogen-bond donors (Lipinski definition) is 0. The van der Waals surface area contributed by atoms with Gasteiger partial charge in [-0.1, -0.05) is 60.2 Å². The van der Waals surface area contributed by atoms with Crippen LogP contribution in [0.5, 0.6) is 0 Å². The highest BCUT2D eigenvalue weighted by molar-refractivity contribution is 6.32. The molecular formula is C19H12N4O. The number of rotatable bonds is 2. The second-order valence-electron chi connectivity index (χ2n) is 5.57. The van der Waals surface area contributed by atoms with Crippen LogP contribution in [0.1, 0.15) is 21.7 Å². The van der Waals surface area contributed by atoms with E-state index >= 15 is 0 Å². The first-order chi connectivity index (χ1) is 11.7. The van der Waals surface area contributed by atoms with Crippen molar-refractivity contribution in [3.63, 3.8) is 0 Å². The molecule has 0 bridgehead atoms. The van der Waals surface area contributed by atoms with Crippen LogP contribution < -0.4 is 0 Å². The molecular weight excluding hydrogens is 300 g/mol. The zero-order valence-electron chi connectivity index (χ0n) is 12.9. The summed E-state index contributed by atoms with van der Waals surface area (Å²) in [4.78, 5) is 17.1. The van der Waals surface area contributed by atoms with Gasteiger partial charge in [0.05, 0.1) is 5.57 Å². The van der Waals surface area contributed by atoms with E-state index in [1.165, 1.54) is 4.68 Å². The second kappa shape index (κ2) is 5.28. The number of nitrogens with zero attached hydrogens (tertiary/aromatic N) is 4. The summed E-state index contributed by atoms with van der Waals surface area (Å²) >= 11 is 0. The van der Waals surface area contributed by atoms with Crippen LogP contribution in [0.4, 0.5) is 0 Å². The third-order valence-corrected chi connectivity index (χ3v) is 3.97. The Morgan fingerprint density at radius 2 is 1.71 bits per heavy atom. The minimum Gasteiger partial charge on any atom is -0.267 e. The Bertz CT molecular complexity index is 1020. The van der Waals surface area contributed by atoms with E-state index in [0.29, 0.717) is 22.8 Å². The lowest BCUT2D eigenvalue weighted by Crippen LogP contribution is -2.10. The Morgan fingerprint density at radius 1 is 1.00 bits per heavy atom. The first-order valence-corrected chi connectivity index (χ1v) is 7.48. The van der Waals surface area contributed by atoms with Crippen molar-refractivity contribution < 1.29 is 4.79 Å². The predicted molar refractivity (Wildman–Crippen MR) is 89.7 cm³/mol. The van der Waals surface area contributed by atoms with Gasteiger partial charge < -0.3 is 0 Å². The first kappa shape index (κ1) is 14.1. The zero-order chi connectivity index (χ0) is 16.7. The van der Waals surface area contributed by atoms with Crippen molar-refractivity contribution in [1.82, 2.24) is 14.8 Å². The maximum atomic E-state index is 12.7. The number of fused-ring (bicyclic) bond motifs is 1. The Hall–Kier alpha value is -3.52. The van der Waals surface area contributed by atoms with E-state index in [0.717, 1.165) is 11.1 Å². The highest BCUT2D eigenvalue weighted by Gasteiger charge is 2.34. The number of nitriles is 1. The van der Waals surface area contributed by atoms with E-state index in [1.54, 1.807) is 12.1 Å². The predicted octanol–water partition coefficient (Wildman–Crippen LogP) is 3.34. The molecule has 0 aliphatic carbocycles. The van der Waals surface area contributed by atoms with E-state index < -0.39 is 0 Å². The topological polar surface area (TPSA) is 71.6 Å². The minimum absolute atomic E-state index is 0.261. The quantitative estimate of drug-likeness (QED) is 0.727. The van der Waals surface area contributed by atoms with Gasteiger partial charge in [0.2, 0.25) is 0 Å². The molecule has 0 spiro atoms. The molecule has 3 aromatic rings.